The van der Waals surface area contributed by atoms with Gasteiger partial charge in [0, 0.05) is 5.71 Å². The van der Waals surface area contributed by atoms with Crippen molar-refractivity contribution in [1.82, 2.24) is 0 Å². The van der Waals surface area contributed by atoms with E-state index in [1.165, 1.54) is 16.9 Å². The molecule has 0 saturated carbocycles. The Labute approximate surface area is 86.9 Å². The number of dihydropyridines is 1. The van der Waals surface area contributed by atoms with Crippen molar-refractivity contribution in [2.75, 3.05) is 0 Å². The van der Waals surface area contributed by atoms with Crippen molar-refractivity contribution in [1.29, 1.82) is 0 Å². The Kier molecular flexibility index (Phi) is 3.87. The third kappa shape index (κ3) is 2.44. The molecule has 0 N–H and O–H groups in total. The largest absolute Gasteiger partial charge is 0.286 e. The molecule has 0 amide bonds. The van der Waals surface area contributed by atoms with Crippen molar-refractivity contribution >= 4 is 5.71 Å². The standard InChI is InChI=1S/C13H19N/c1-5-7-8-12-10(3)9-11(4)14-13(12)6-2/h5,7-8,11H,1,6,9H2,2-4H3. The van der Waals surface area contributed by atoms with Crippen molar-refractivity contribution in [2.45, 2.75) is 39.7 Å². The van der Waals surface area contributed by atoms with Gasteiger partial charge in [-0.3, -0.25) is 4.99 Å². The topological polar surface area (TPSA) is 12.4 Å². The summed E-state index contributed by atoms with van der Waals surface area (Å²) in [6, 6.07) is 0.450. The van der Waals surface area contributed by atoms with Crippen LogP contribution in [0.15, 0.2) is 40.9 Å². The van der Waals surface area contributed by atoms with E-state index in [1.54, 1.807) is 0 Å². The summed E-state index contributed by atoms with van der Waals surface area (Å²) in [5, 5.41) is 0. The molecular formula is C13H19N. The summed E-state index contributed by atoms with van der Waals surface area (Å²) in [6.07, 6.45) is 8.01. The molecule has 0 spiro atoms. The third-order valence-electron chi connectivity index (χ3n) is 2.48. The average Bonchev–Trinajstić information content (AvgIpc) is 2.15. The molecule has 0 aromatic carbocycles. The van der Waals surface area contributed by atoms with E-state index >= 15 is 0 Å². The molecule has 1 rings (SSSR count). The molecule has 0 aromatic heterocycles. The van der Waals surface area contributed by atoms with Crippen LogP contribution in [-0.4, -0.2) is 11.8 Å². The Bertz CT molecular complexity index is 305. The van der Waals surface area contributed by atoms with Crippen molar-refractivity contribution in [3.05, 3.63) is 36.0 Å². The van der Waals surface area contributed by atoms with E-state index in [9.17, 15) is 0 Å². The summed E-state index contributed by atoms with van der Waals surface area (Å²) in [4.78, 5) is 4.66. The molecule has 1 nitrogen and oxygen atoms in total. The van der Waals surface area contributed by atoms with Gasteiger partial charge in [0.05, 0.1) is 6.04 Å². The van der Waals surface area contributed by atoms with Gasteiger partial charge in [-0.15, -0.1) is 0 Å². The lowest BCUT2D eigenvalue weighted by Crippen LogP contribution is -2.15. The van der Waals surface area contributed by atoms with Gasteiger partial charge in [0.1, 0.15) is 0 Å². The Hall–Kier alpha value is -1.11. The normalized spacial score (nSPS) is 22.8. The molecule has 0 aliphatic carbocycles. The molecule has 1 aliphatic heterocycles. The zero-order chi connectivity index (χ0) is 10.6. The highest BCUT2D eigenvalue weighted by Gasteiger charge is 2.14. The first-order valence-electron chi connectivity index (χ1n) is 5.25. The van der Waals surface area contributed by atoms with Crippen LogP contribution in [0.1, 0.15) is 33.6 Å². The molecule has 0 saturated heterocycles. The van der Waals surface area contributed by atoms with Crippen LogP contribution in [0, 0.1) is 0 Å². The van der Waals surface area contributed by atoms with Gasteiger partial charge in [0.2, 0.25) is 0 Å². The van der Waals surface area contributed by atoms with Gasteiger partial charge in [-0.25, -0.2) is 0 Å². The zero-order valence-corrected chi connectivity index (χ0v) is 9.38. The Balaban J connectivity index is 2.99. The molecule has 1 unspecified atom stereocenters. The maximum Gasteiger partial charge on any atom is 0.0512 e. The predicted octanol–water partition coefficient (Wildman–Crippen LogP) is 3.69. The van der Waals surface area contributed by atoms with E-state index in [2.05, 4.69) is 38.4 Å². The lowest BCUT2D eigenvalue weighted by Gasteiger charge is -2.20. The fourth-order valence-electron chi connectivity index (χ4n) is 1.87. The van der Waals surface area contributed by atoms with Crippen molar-refractivity contribution in [2.24, 2.45) is 4.99 Å². The van der Waals surface area contributed by atoms with E-state index in [4.69, 9.17) is 0 Å². The number of hydrogen-bond acceptors (Lipinski definition) is 1. The average molecular weight is 189 g/mol. The van der Waals surface area contributed by atoms with Crippen LogP contribution in [0.5, 0.6) is 0 Å². The number of hydrogen-bond donors (Lipinski definition) is 0. The van der Waals surface area contributed by atoms with Gasteiger partial charge in [0.15, 0.2) is 0 Å². The zero-order valence-electron chi connectivity index (χ0n) is 9.38. The lowest BCUT2D eigenvalue weighted by molar-refractivity contribution is 0.716. The Morgan fingerprint density at radius 1 is 1.57 bits per heavy atom. The number of allylic oxidation sites excluding steroid dienone is 4. The minimum Gasteiger partial charge on any atom is -0.286 e. The van der Waals surface area contributed by atoms with E-state index in [-0.39, 0.29) is 0 Å². The second kappa shape index (κ2) is 4.94. The van der Waals surface area contributed by atoms with Gasteiger partial charge in [-0.1, -0.05) is 37.3 Å². The van der Waals surface area contributed by atoms with Crippen LogP contribution in [0.2, 0.25) is 0 Å². The molecule has 76 valence electrons. The number of nitrogens with zero attached hydrogens (tertiary/aromatic N) is 1. The van der Waals surface area contributed by atoms with E-state index in [0.29, 0.717) is 6.04 Å². The van der Waals surface area contributed by atoms with E-state index in [1.807, 2.05) is 12.2 Å². The summed E-state index contributed by atoms with van der Waals surface area (Å²) in [5.74, 6) is 0. The summed E-state index contributed by atoms with van der Waals surface area (Å²) in [5.41, 5.74) is 3.99. The molecule has 0 aromatic rings. The van der Waals surface area contributed by atoms with Crippen LogP contribution in [-0.2, 0) is 0 Å². The smallest absolute Gasteiger partial charge is 0.0512 e. The van der Waals surface area contributed by atoms with Crippen molar-refractivity contribution in [3.8, 4) is 0 Å². The summed E-state index contributed by atoms with van der Waals surface area (Å²) < 4.78 is 0. The molecule has 0 bridgehead atoms. The number of rotatable bonds is 3. The van der Waals surface area contributed by atoms with E-state index in [0.717, 1.165) is 12.8 Å². The summed E-state index contributed by atoms with van der Waals surface area (Å²) in [6.45, 7) is 10.2. The molecule has 0 fully saturated rings. The van der Waals surface area contributed by atoms with Crippen LogP contribution in [0.4, 0.5) is 0 Å². The van der Waals surface area contributed by atoms with Crippen molar-refractivity contribution < 1.29 is 0 Å². The van der Waals surface area contributed by atoms with Crippen LogP contribution >= 0.6 is 0 Å². The molecule has 1 aliphatic rings. The first-order valence-corrected chi connectivity index (χ1v) is 5.25. The molecular weight excluding hydrogens is 170 g/mol. The minimum absolute atomic E-state index is 0.450. The minimum atomic E-state index is 0.450. The SMILES string of the molecule is C=CC=CC1=C(C)CC(C)N=C1CC. The van der Waals surface area contributed by atoms with E-state index < -0.39 is 0 Å². The molecule has 1 atom stereocenters. The maximum atomic E-state index is 4.66. The first-order chi connectivity index (χ1) is 6.69. The molecule has 14 heavy (non-hydrogen) atoms. The van der Waals surface area contributed by atoms with Gasteiger partial charge in [0.25, 0.3) is 0 Å². The molecule has 1 heteroatoms. The highest BCUT2D eigenvalue weighted by Crippen LogP contribution is 2.22. The highest BCUT2D eigenvalue weighted by molar-refractivity contribution is 6.03. The summed E-state index contributed by atoms with van der Waals surface area (Å²) >= 11 is 0. The van der Waals surface area contributed by atoms with Gasteiger partial charge in [-0.05, 0) is 32.3 Å². The van der Waals surface area contributed by atoms with Gasteiger partial charge >= 0.3 is 0 Å². The van der Waals surface area contributed by atoms with Crippen LogP contribution in [0.3, 0.4) is 0 Å². The van der Waals surface area contributed by atoms with Crippen LogP contribution in [0.25, 0.3) is 0 Å². The predicted molar refractivity (Wildman–Crippen MR) is 63.8 cm³/mol. The quantitative estimate of drug-likeness (QED) is 0.600. The monoisotopic (exact) mass is 189 g/mol. The second-order valence-corrected chi connectivity index (χ2v) is 3.77. The lowest BCUT2D eigenvalue weighted by atomic mass is 9.94. The van der Waals surface area contributed by atoms with Crippen LogP contribution < -0.4 is 0 Å². The second-order valence-electron chi connectivity index (χ2n) is 3.77. The third-order valence-corrected chi connectivity index (χ3v) is 2.48. The molecule has 0 radical (unpaired) electrons. The Morgan fingerprint density at radius 2 is 2.29 bits per heavy atom. The van der Waals surface area contributed by atoms with Gasteiger partial charge < -0.3 is 0 Å². The molecule has 1 heterocycles. The highest BCUT2D eigenvalue weighted by atomic mass is 14.8. The number of aliphatic imine (C=N–C) groups is 1. The fraction of sp³-hybridized carbons (Fsp3) is 0.462. The fourth-order valence-corrected chi connectivity index (χ4v) is 1.87. The first kappa shape index (κ1) is 11.0. The Morgan fingerprint density at radius 3 is 2.86 bits per heavy atom. The van der Waals surface area contributed by atoms with Gasteiger partial charge in [-0.2, -0.15) is 0 Å². The summed E-state index contributed by atoms with van der Waals surface area (Å²) in [7, 11) is 0. The van der Waals surface area contributed by atoms with Crippen molar-refractivity contribution in [3.63, 3.8) is 0 Å². The maximum absolute atomic E-state index is 4.66.